The summed E-state index contributed by atoms with van der Waals surface area (Å²) in [6.45, 7) is 2.48. The molecule has 2 nitrogen and oxygen atoms in total. The average Bonchev–Trinajstić information content (AvgIpc) is 1.94. The van der Waals surface area contributed by atoms with Crippen molar-refractivity contribution in [1.29, 1.82) is 0 Å². The van der Waals surface area contributed by atoms with Crippen LogP contribution in [0.3, 0.4) is 0 Å². The summed E-state index contributed by atoms with van der Waals surface area (Å²) >= 11 is 1.95. The maximum Gasteiger partial charge on any atom is 0.0807 e. The zero-order valence-electron chi connectivity index (χ0n) is 5.21. The molecule has 9 heavy (non-hydrogen) atoms. The Labute approximate surface area is 58.9 Å². The molecule has 3 heteroatoms. The van der Waals surface area contributed by atoms with Gasteiger partial charge >= 0.3 is 0 Å². The summed E-state index contributed by atoms with van der Waals surface area (Å²) in [5, 5.41) is 0.646. The molecule has 0 aliphatic carbocycles. The Kier molecular flexibility index (Phi) is 1.66. The third-order valence-corrected chi connectivity index (χ3v) is 3.12. The van der Waals surface area contributed by atoms with Gasteiger partial charge in [-0.25, -0.2) is 0 Å². The van der Waals surface area contributed by atoms with Crippen LogP contribution in [0, 0.1) is 0 Å². The highest BCUT2D eigenvalue weighted by Gasteiger charge is 2.33. The Bertz CT molecular complexity index is 95.2. The molecule has 2 saturated heterocycles. The van der Waals surface area contributed by atoms with E-state index in [2.05, 4.69) is 0 Å². The van der Waals surface area contributed by atoms with Crippen LogP contribution in [-0.2, 0) is 9.47 Å². The monoisotopic (exact) mass is 146 g/mol. The van der Waals surface area contributed by atoms with Gasteiger partial charge in [-0.2, -0.15) is 11.8 Å². The predicted octanol–water partition coefficient (Wildman–Crippen LogP) is 0.517. The van der Waals surface area contributed by atoms with Gasteiger partial charge in [0.2, 0.25) is 0 Å². The zero-order chi connectivity index (χ0) is 6.10. The maximum absolute atomic E-state index is 5.46. The minimum Gasteiger partial charge on any atom is -0.378 e. The van der Waals surface area contributed by atoms with Gasteiger partial charge in [-0.1, -0.05) is 0 Å². The predicted molar refractivity (Wildman–Crippen MR) is 36.8 cm³/mol. The summed E-state index contributed by atoms with van der Waals surface area (Å²) in [4.78, 5) is 0. The fourth-order valence-electron chi connectivity index (χ4n) is 1.08. The summed E-state index contributed by atoms with van der Waals surface area (Å²) in [6, 6.07) is 0. The summed E-state index contributed by atoms with van der Waals surface area (Å²) in [5.74, 6) is 1.17. The van der Waals surface area contributed by atoms with Gasteiger partial charge in [0.1, 0.15) is 0 Å². The van der Waals surface area contributed by atoms with E-state index in [9.17, 15) is 0 Å². The fourth-order valence-corrected chi connectivity index (χ4v) is 2.07. The number of thioether (sulfide) groups is 1. The first-order chi connectivity index (χ1) is 4.47. The summed E-state index contributed by atoms with van der Waals surface area (Å²) in [6.07, 6.45) is 0.512. The first-order valence-electron chi connectivity index (χ1n) is 3.28. The van der Waals surface area contributed by atoms with Gasteiger partial charge in [-0.15, -0.1) is 0 Å². The van der Waals surface area contributed by atoms with Crippen molar-refractivity contribution in [3.05, 3.63) is 0 Å². The van der Waals surface area contributed by atoms with Crippen molar-refractivity contribution in [2.45, 2.75) is 11.4 Å². The van der Waals surface area contributed by atoms with E-state index >= 15 is 0 Å². The number of ether oxygens (including phenoxy) is 2. The second-order valence-corrected chi connectivity index (χ2v) is 3.63. The van der Waals surface area contributed by atoms with Crippen molar-refractivity contribution in [3.63, 3.8) is 0 Å². The second-order valence-electron chi connectivity index (χ2n) is 2.36. The minimum atomic E-state index is 0.512. The van der Waals surface area contributed by atoms with Gasteiger partial charge in [-0.05, 0) is 0 Å². The van der Waals surface area contributed by atoms with Crippen molar-refractivity contribution < 1.29 is 9.47 Å². The van der Waals surface area contributed by atoms with E-state index in [1.807, 2.05) is 11.8 Å². The number of rotatable bonds is 0. The normalized spacial score (nSPS) is 42.7. The molecule has 0 aromatic heterocycles. The van der Waals surface area contributed by atoms with Gasteiger partial charge in [0.05, 0.1) is 31.2 Å². The van der Waals surface area contributed by atoms with E-state index in [0.717, 1.165) is 19.8 Å². The van der Waals surface area contributed by atoms with Crippen LogP contribution in [-0.4, -0.2) is 36.9 Å². The molecule has 0 amide bonds. The Hall–Kier alpha value is 0.270. The van der Waals surface area contributed by atoms with Crippen molar-refractivity contribution >= 4 is 11.8 Å². The van der Waals surface area contributed by atoms with Gasteiger partial charge in [0.15, 0.2) is 0 Å². The first kappa shape index (κ1) is 6.01. The van der Waals surface area contributed by atoms with Crippen LogP contribution < -0.4 is 0 Å². The molecular weight excluding hydrogens is 136 g/mol. The lowest BCUT2D eigenvalue weighted by Crippen LogP contribution is -2.39. The number of hydrogen-bond donors (Lipinski definition) is 0. The highest BCUT2D eigenvalue weighted by molar-refractivity contribution is 8.01. The molecule has 0 radical (unpaired) electrons. The van der Waals surface area contributed by atoms with Crippen molar-refractivity contribution in [2.75, 3.05) is 25.6 Å². The van der Waals surface area contributed by atoms with Crippen molar-refractivity contribution in [2.24, 2.45) is 0 Å². The minimum absolute atomic E-state index is 0.512. The van der Waals surface area contributed by atoms with E-state index in [1.165, 1.54) is 5.75 Å². The van der Waals surface area contributed by atoms with Crippen molar-refractivity contribution in [1.82, 2.24) is 0 Å². The lowest BCUT2D eigenvalue weighted by atomic mass is 10.3. The molecule has 2 aliphatic rings. The Morgan fingerprint density at radius 1 is 1.33 bits per heavy atom. The van der Waals surface area contributed by atoms with E-state index in [4.69, 9.17) is 9.47 Å². The molecule has 52 valence electrons. The maximum atomic E-state index is 5.46. The molecule has 2 rings (SSSR count). The smallest absolute Gasteiger partial charge is 0.0807 e. The molecule has 2 unspecified atom stereocenters. The SMILES string of the molecule is C1COC2CSC2CO1. The van der Waals surface area contributed by atoms with E-state index in [1.54, 1.807) is 0 Å². The summed E-state index contributed by atoms with van der Waals surface area (Å²) in [5.41, 5.74) is 0. The molecular formula is C6H10O2S. The van der Waals surface area contributed by atoms with Crippen LogP contribution in [0.15, 0.2) is 0 Å². The van der Waals surface area contributed by atoms with E-state index in [-0.39, 0.29) is 0 Å². The Morgan fingerprint density at radius 3 is 3.11 bits per heavy atom. The topological polar surface area (TPSA) is 18.5 Å². The lowest BCUT2D eigenvalue weighted by molar-refractivity contribution is 0.0634. The van der Waals surface area contributed by atoms with Crippen LogP contribution in [0.4, 0.5) is 0 Å². The molecule has 0 N–H and O–H groups in total. The van der Waals surface area contributed by atoms with Crippen LogP contribution in [0.1, 0.15) is 0 Å². The summed E-state index contributed by atoms with van der Waals surface area (Å²) in [7, 11) is 0. The second kappa shape index (κ2) is 2.48. The van der Waals surface area contributed by atoms with Gasteiger partial charge < -0.3 is 9.47 Å². The molecule has 2 atom stereocenters. The quantitative estimate of drug-likeness (QED) is 0.496. The Balaban J connectivity index is 1.90. The first-order valence-corrected chi connectivity index (χ1v) is 4.32. The van der Waals surface area contributed by atoms with Crippen LogP contribution in [0.25, 0.3) is 0 Å². The highest BCUT2D eigenvalue weighted by atomic mass is 32.2. The molecule has 0 saturated carbocycles. The van der Waals surface area contributed by atoms with E-state index in [0.29, 0.717) is 11.4 Å². The van der Waals surface area contributed by atoms with Gasteiger partial charge in [0, 0.05) is 5.75 Å². The van der Waals surface area contributed by atoms with Crippen molar-refractivity contribution in [3.8, 4) is 0 Å². The molecule has 0 spiro atoms. The van der Waals surface area contributed by atoms with Gasteiger partial charge in [-0.3, -0.25) is 0 Å². The molecule has 2 aliphatic heterocycles. The number of fused-ring (bicyclic) bond motifs is 1. The third kappa shape index (κ3) is 1.09. The number of hydrogen-bond acceptors (Lipinski definition) is 3. The standard InChI is InChI=1S/C6H10O2S/c1-2-8-5-4-9-6(5)3-7-1/h5-6H,1-4H2. The van der Waals surface area contributed by atoms with Crippen LogP contribution in [0.5, 0.6) is 0 Å². The van der Waals surface area contributed by atoms with Crippen LogP contribution in [0.2, 0.25) is 0 Å². The summed E-state index contributed by atoms with van der Waals surface area (Å²) < 4.78 is 10.7. The fraction of sp³-hybridized carbons (Fsp3) is 1.00. The van der Waals surface area contributed by atoms with Gasteiger partial charge in [0.25, 0.3) is 0 Å². The largest absolute Gasteiger partial charge is 0.378 e. The average molecular weight is 146 g/mol. The third-order valence-electron chi connectivity index (χ3n) is 1.73. The molecule has 2 heterocycles. The highest BCUT2D eigenvalue weighted by Crippen LogP contribution is 2.32. The zero-order valence-corrected chi connectivity index (χ0v) is 6.02. The molecule has 2 fully saturated rings. The van der Waals surface area contributed by atoms with E-state index < -0.39 is 0 Å². The molecule has 0 aromatic carbocycles. The van der Waals surface area contributed by atoms with Crippen LogP contribution >= 0.6 is 11.8 Å². The lowest BCUT2D eigenvalue weighted by Gasteiger charge is -2.32. The Morgan fingerprint density at radius 2 is 2.33 bits per heavy atom. The molecule has 0 bridgehead atoms. The molecule has 0 aromatic rings.